The van der Waals surface area contributed by atoms with Crippen molar-refractivity contribution in [3.8, 4) is 5.82 Å². The molecule has 28 heavy (non-hydrogen) atoms. The van der Waals surface area contributed by atoms with E-state index in [4.69, 9.17) is 16.6 Å². The average Bonchev–Trinajstić information content (AvgIpc) is 3.29. The summed E-state index contributed by atoms with van der Waals surface area (Å²) in [5.74, 6) is 2.46. The van der Waals surface area contributed by atoms with E-state index in [9.17, 15) is 0 Å². The number of rotatable bonds is 3. The number of halogens is 1. The van der Waals surface area contributed by atoms with E-state index in [0.29, 0.717) is 10.8 Å². The first-order valence-corrected chi connectivity index (χ1v) is 9.40. The minimum atomic E-state index is 0.669. The van der Waals surface area contributed by atoms with Gasteiger partial charge in [-0.05, 0) is 36.4 Å². The minimum Gasteiger partial charge on any atom is -0.352 e. The summed E-state index contributed by atoms with van der Waals surface area (Å²) in [7, 11) is 0. The van der Waals surface area contributed by atoms with Gasteiger partial charge in [0.15, 0.2) is 11.6 Å². The highest BCUT2D eigenvalue weighted by molar-refractivity contribution is 6.31. The van der Waals surface area contributed by atoms with Gasteiger partial charge < -0.3 is 9.80 Å². The highest BCUT2D eigenvalue weighted by Gasteiger charge is 2.20. The molecule has 140 valence electrons. The molecule has 8 nitrogen and oxygen atoms in total. The van der Waals surface area contributed by atoms with Crippen LogP contribution >= 0.6 is 11.6 Å². The number of fused-ring (bicyclic) bond motifs is 1. The van der Waals surface area contributed by atoms with Gasteiger partial charge in [-0.3, -0.25) is 4.98 Å². The largest absolute Gasteiger partial charge is 0.352 e. The van der Waals surface area contributed by atoms with Crippen molar-refractivity contribution in [3.05, 3.63) is 60.0 Å². The van der Waals surface area contributed by atoms with Crippen molar-refractivity contribution >= 4 is 34.3 Å². The third-order valence-electron chi connectivity index (χ3n) is 4.79. The predicted molar refractivity (Wildman–Crippen MR) is 108 cm³/mol. The molecular weight excluding hydrogens is 376 g/mol. The maximum Gasteiger partial charge on any atom is 0.175 e. The van der Waals surface area contributed by atoms with Crippen molar-refractivity contribution in [3.63, 3.8) is 0 Å². The number of piperazine rings is 1. The van der Waals surface area contributed by atoms with Gasteiger partial charge in [0.25, 0.3) is 0 Å². The zero-order valence-electron chi connectivity index (χ0n) is 15.0. The Balaban J connectivity index is 1.28. The topological polar surface area (TPSA) is 75.9 Å². The van der Waals surface area contributed by atoms with E-state index in [1.165, 1.54) is 0 Å². The molecule has 0 N–H and O–H groups in total. The van der Waals surface area contributed by atoms with E-state index in [1.54, 1.807) is 10.9 Å². The molecule has 0 amide bonds. The number of hydrogen-bond donors (Lipinski definition) is 0. The molecule has 1 aliphatic rings. The molecular formula is C19H17ClN8. The molecule has 1 aromatic carbocycles. The van der Waals surface area contributed by atoms with Gasteiger partial charge in [0.05, 0.1) is 17.2 Å². The maximum atomic E-state index is 6.02. The first-order valence-electron chi connectivity index (χ1n) is 9.02. The number of anilines is 2. The third-order valence-corrected chi connectivity index (χ3v) is 5.03. The van der Waals surface area contributed by atoms with Gasteiger partial charge in [0, 0.05) is 43.6 Å². The van der Waals surface area contributed by atoms with Gasteiger partial charge in [-0.15, -0.1) is 10.2 Å². The lowest BCUT2D eigenvalue weighted by Crippen LogP contribution is -2.47. The summed E-state index contributed by atoms with van der Waals surface area (Å²) in [4.78, 5) is 13.7. The fraction of sp³-hybridized carbons (Fsp3) is 0.211. The first-order chi connectivity index (χ1) is 13.8. The van der Waals surface area contributed by atoms with Crippen molar-refractivity contribution in [2.24, 2.45) is 0 Å². The van der Waals surface area contributed by atoms with Crippen LogP contribution in [0.4, 0.5) is 11.6 Å². The Bertz CT molecular complexity index is 1090. The van der Waals surface area contributed by atoms with Gasteiger partial charge >= 0.3 is 0 Å². The average molecular weight is 393 g/mol. The lowest BCUT2D eigenvalue weighted by Gasteiger charge is -2.35. The van der Waals surface area contributed by atoms with Crippen LogP contribution in [0.25, 0.3) is 16.9 Å². The molecule has 1 aliphatic heterocycles. The number of hydrogen-bond acceptors (Lipinski definition) is 7. The molecule has 1 saturated heterocycles. The standard InChI is InChI=1S/C19H17ClN8/c20-14-2-3-15-16(12-14)21-13-19(23-15)27-10-8-26(9-11-27)17-4-5-18(25-24-17)28-7-1-6-22-28/h1-7,12-13H,8-11H2. The zero-order chi connectivity index (χ0) is 18.9. The molecule has 4 heterocycles. The van der Waals surface area contributed by atoms with Crippen molar-refractivity contribution in [2.75, 3.05) is 36.0 Å². The highest BCUT2D eigenvalue weighted by Crippen LogP contribution is 2.21. The summed E-state index contributed by atoms with van der Waals surface area (Å²) in [6.45, 7) is 3.37. The number of nitrogens with zero attached hydrogens (tertiary/aromatic N) is 8. The summed E-state index contributed by atoms with van der Waals surface area (Å²) in [6, 6.07) is 11.4. The molecule has 3 aromatic heterocycles. The Hall–Kier alpha value is -3.26. The number of aromatic nitrogens is 6. The summed E-state index contributed by atoms with van der Waals surface area (Å²) in [5.41, 5.74) is 1.66. The van der Waals surface area contributed by atoms with E-state index in [1.807, 2.05) is 48.8 Å². The smallest absolute Gasteiger partial charge is 0.175 e. The van der Waals surface area contributed by atoms with Crippen molar-refractivity contribution in [1.29, 1.82) is 0 Å². The molecule has 0 unspecified atom stereocenters. The normalized spacial score (nSPS) is 14.6. The Morgan fingerprint density at radius 2 is 1.57 bits per heavy atom. The Labute approximate surface area is 166 Å². The molecule has 0 radical (unpaired) electrons. The molecule has 5 rings (SSSR count). The van der Waals surface area contributed by atoms with Crippen molar-refractivity contribution < 1.29 is 0 Å². The summed E-state index contributed by atoms with van der Waals surface area (Å²) < 4.78 is 1.69. The molecule has 9 heteroatoms. The fourth-order valence-electron chi connectivity index (χ4n) is 3.30. The SMILES string of the molecule is Clc1ccc2nc(N3CCN(c4ccc(-n5cccn5)nn4)CC3)cnc2c1. The van der Waals surface area contributed by atoms with Crippen LogP contribution in [-0.2, 0) is 0 Å². The van der Waals surface area contributed by atoms with Crippen LogP contribution in [0, 0.1) is 0 Å². The zero-order valence-corrected chi connectivity index (χ0v) is 15.7. The molecule has 0 saturated carbocycles. The lowest BCUT2D eigenvalue weighted by atomic mass is 10.3. The monoisotopic (exact) mass is 392 g/mol. The molecule has 4 aromatic rings. The maximum absolute atomic E-state index is 6.02. The highest BCUT2D eigenvalue weighted by atomic mass is 35.5. The van der Waals surface area contributed by atoms with Crippen LogP contribution < -0.4 is 9.80 Å². The van der Waals surface area contributed by atoms with Gasteiger partial charge in [-0.2, -0.15) is 5.10 Å². The van der Waals surface area contributed by atoms with Gasteiger partial charge in [-0.25, -0.2) is 9.67 Å². The van der Waals surface area contributed by atoms with E-state index in [2.05, 4.69) is 30.1 Å². The van der Waals surface area contributed by atoms with Gasteiger partial charge in [0.2, 0.25) is 0 Å². The van der Waals surface area contributed by atoms with E-state index < -0.39 is 0 Å². The Kier molecular flexibility index (Phi) is 4.25. The Morgan fingerprint density at radius 1 is 0.821 bits per heavy atom. The van der Waals surface area contributed by atoms with Crippen LogP contribution in [0.1, 0.15) is 0 Å². The molecule has 1 fully saturated rings. The Morgan fingerprint density at radius 3 is 2.29 bits per heavy atom. The molecule has 0 spiro atoms. The lowest BCUT2D eigenvalue weighted by molar-refractivity contribution is 0.637. The van der Waals surface area contributed by atoms with Crippen molar-refractivity contribution in [1.82, 2.24) is 29.9 Å². The number of benzene rings is 1. The third kappa shape index (κ3) is 3.22. The summed E-state index contributed by atoms with van der Waals surface area (Å²) in [6.07, 6.45) is 5.38. The quantitative estimate of drug-likeness (QED) is 0.530. The summed E-state index contributed by atoms with van der Waals surface area (Å²) >= 11 is 6.02. The van der Waals surface area contributed by atoms with Crippen LogP contribution in [0.2, 0.25) is 5.02 Å². The predicted octanol–water partition coefficient (Wildman–Crippen LogP) is 2.59. The van der Waals surface area contributed by atoms with Crippen LogP contribution in [0.5, 0.6) is 0 Å². The summed E-state index contributed by atoms with van der Waals surface area (Å²) in [5, 5.41) is 13.5. The van der Waals surface area contributed by atoms with Crippen LogP contribution in [0.3, 0.4) is 0 Å². The first kappa shape index (κ1) is 16.9. The second-order valence-corrected chi connectivity index (χ2v) is 6.97. The molecule has 0 atom stereocenters. The van der Waals surface area contributed by atoms with Crippen molar-refractivity contribution in [2.45, 2.75) is 0 Å². The van der Waals surface area contributed by atoms with Crippen LogP contribution in [0.15, 0.2) is 55.0 Å². The van der Waals surface area contributed by atoms with E-state index in [-0.39, 0.29) is 0 Å². The van der Waals surface area contributed by atoms with Gasteiger partial charge in [-0.1, -0.05) is 11.6 Å². The minimum absolute atomic E-state index is 0.669. The second kappa shape index (κ2) is 7.05. The van der Waals surface area contributed by atoms with E-state index >= 15 is 0 Å². The van der Waals surface area contributed by atoms with E-state index in [0.717, 1.165) is 48.8 Å². The van der Waals surface area contributed by atoms with Crippen LogP contribution in [-0.4, -0.2) is 56.1 Å². The second-order valence-electron chi connectivity index (χ2n) is 6.54. The molecule has 0 aliphatic carbocycles. The van der Waals surface area contributed by atoms with Gasteiger partial charge in [0.1, 0.15) is 5.82 Å². The molecule has 0 bridgehead atoms. The fourth-order valence-corrected chi connectivity index (χ4v) is 3.47.